The van der Waals surface area contributed by atoms with Crippen LogP contribution in [0.15, 0.2) is 18.2 Å². The Morgan fingerprint density at radius 1 is 1.28 bits per heavy atom. The molecule has 0 fully saturated rings. The zero-order valence-electron chi connectivity index (χ0n) is 14.5. The third-order valence-electron chi connectivity index (χ3n) is 3.84. The third-order valence-corrected chi connectivity index (χ3v) is 5.74. The first-order chi connectivity index (χ1) is 12.1. The molecule has 0 bridgehead atoms. The number of thiocarbonyl (C=S) groups is 1. The van der Waals surface area contributed by atoms with Gasteiger partial charge in [-0.3, -0.25) is 10.1 Å². The van der Waals surface area contributed by atoms with Crippen molar-refractivity contribution in [3.8, 4) is 5.75 Å². The number of rotatable bonds is 8. The number of benzene rings is 1. The van der Waals surface area contributed by atoms with Crippen LogP contribution in [-0.2, 0) is 0 Å². The number of nitrogens with one attached hydrogen (secondary N) is 2. The van der Waals surface area contributed by atoms with E-state index in [4.69, 9.17) is 28.6 Å². The molecule has 0 saturated carbocycles. The highest BCUT2D eigenvalue weighted by atomic mass is 35.5. The maximum atomic E-state index is 12.4. The van der Waals surface area contributed by atoms with Crippen LogP contribution in [0.5, 0.6) is 5.75 Å². The Hall–Kier alpha value is -1.37. The van der Waals surface area contributed by atoms with E-state index in [0.717, 1.165) is 28.8 Å². The highest BCUT2D eigenvalue weighted by Gasteiger charge is 2.18. The second-order valence-corrected chi connectivity index (χ2v) is 7.57. The second kappa shape index (κ2) is 9.94. The van der Waals surface area contributed by atoms with Gasteiger partial charge in [-0.25, -0.2) is 0 Å². The van der Waals surface area contributed by atoms with Gasteiger partial charge in [0.2, 0.25) is 0 Å². The molecule has 1 aromatic carbocycles. The number of unbranched alkanes of at least 4 members (excludes halogenated alkanes) is 4. The van der Waals surface area contributed by atoms with E-state index in [1.807, 2.05) is 18.2 Å². The fourth-order valence-electron chi connectivity index (χ4n) is 2.45. The van der Waals surface area contributed by atoms with Gasteiger partial charge in [-0.1, -0.05) is 44.2 Å². The number of carbonyl (C=O) groups excluding carboxylic acids is 1. The molecule has 25 heavy (non-hydrogen) atoms. The molecule has 2 N–H and O–H groups in total. The summed E-state index contributed by atoms with van der Waals surface area (Å²) in [6.07, 6.45) is 5.93. The topological polar surface area (TPSA) is 50.4 Å². The number of halogens is 1. The van der Waals surface area contributed by atoms with E-state index >= 15 is 0 Å². The molecule has 7 heteroatoms. The summed E-state index contributed by atoms with van der Waals surface area (Å²) in [5, 5.41) is 7.40. The lowest BCUT2D eigenvalue weighted by Crippen LogP contribution is -2.39. The standard InChI is InChI=1S/C18H23ClN2O2S2/c1-3-4-5-6-7-10-20-18(24)21-17(22)16-15(19)13-9-8-12(23-2)11-14(13)25-16/h8-9,11H,3-7,10H2,1-2H3,(H2,20,21,22,24). The first kappa shape index (κ1) is 19.9. The van der Waals surface area contributed by atoms with Gasteiger partial charge < -0.3 is 10.1 Å². The number of fused-ring (bicyclic) bond motifs is 1. The Morgan fingerprint density at radius 2 is 2.04 bits per heavy atom. The van der Waals surface area contributed by atoms with E-state index in [2.05, 4.69) is 17.6 Å². The van der Waals surface area contributed by atoms with Crippen molar-refractivity contribution < 1.29 is 9.53 Å². The molecule has 0 aliphatic rings. The maximum Gasteiger partial charge on any atom is 0.269 e. The maximum absolute atomic E-state index is 12.4. The predicted octanol–water partition coefficient (Wildman–Crippen LogP) is 5.14. The van der Waals surface area contributed by atoms with Crippen molar-refractivity contribution in [3.05, 3.63) is 28.1 Å². The molecule has 0 aliphatic carbocycles. The summed E-state index contributed by atoms with van der Waals surface area (Å²) < 4.78 is 6.11. The molecule has 2 rings (SSSR count). The van der Waals surface area contributed by atoms with Gasteiger partial charge in [0.05, 0.1) is 12.1 Å². The van der Waals surface area contributed by atoms with Gasteiger partial charge in [-0.15, -0.1) is 11.3 Å². The van der Waals surface area contributed by atoms with Crippen LogP contribution in [-0.4, -0.2) is 24.7 Å². The number of hydrogen-bond donors (Lipinski definition) is 2. The smallest absolute Gasteiger partial charge is 0.269 e. The molecule has 4 nitrogen and oxygen atoms in total. The molecule has 136 valence electrons. The van der Waals surface area contributed by atoms with Crippen LogP contribution in [0.2, 0.25) is 5.02 Å². The van der Waals surface area contributed by atoms with Gasteiger partial charge in [-0.2, -0.15) is 0 Å². The Morgan fingerprint density at radius 3 is 2.76 bits per heavy atom. The first-order valence-corrected chi connectivity index (χ1v) is 10.0. The van der Waals surface area contributed by atoms with Gasteiger partial charge in [0.1, 0.15) is 10.6 Å². The lowest BCUT2D eigenvalue weighted by Gasteiger charge is -2.08. The van der Waals surface area contributed by atoms with Gasteiger partial charge in [0.15, 0.2) is 5.11 Å². The largest absolute Gasteiger partial charge is 0.497 e. The lowest BCUT2D eigenvalue weighted by molar-refractivity contribution is 0.0981. The van der Waals surface area contributed by atoms with E-state index in [0.29, 0.717) is 15.0 Å². The van der Waals surface area contributed by atoms with Gasteiger partial charge in [0, 0.05) is 16.6 Å². The van der Waals surface area contributed by atoms with Crippen LogP contribution < -0.4 is 15.4 Å². The Kier molecular flexibility index (Phi) is 7.93. The van der Waals surface area contributed by atoms with E-state index in [1.54, 1.807) is 7.11 Å². The summed E-state index contributed by atoms with van der Waals surface area (Å²) in [6, 6.07) is 5.56. The number of carbonyl (C=O) groups is 1. The van der Waals surface area contributed by atoms with Crippen molar-refractivity contribution in [1.82, 2.24) is 10.6 Å². The molecule has 0 radical (unpaired) electrons. The Labute approximate surface area is 162 Å². The van der Waals surface area contributed by atoms with Crippen molar-refractivity contribution in [2.75, 3.05) is 13.7 Å². The summed E-state index contributed by atoms with van der Waals surface area (Å²) in [4.78, 5) is 12.9. The molecule has 0 aliphatic heterocycles. The zero-order chi connectivity index (χ0) is 18.2. The molecule has 0 saturated heterocycles. The summed E-state index contributed by atoms with van der Waals surface area (Å²) in [7, 11) is 1.61. The zero-order valence-corrected chi connectivity index (χ0v) is 16.9. The number of hydrogen-bond acceptors (Lipinski definition) is 4. The first-order valence-electron chi connectivity index (χ1n) is 8.42. The minimum absolute atomic E-state index is 0.284. The molecule has 2 aromatic rings. The minimum atomic E-state index is -0.284. The Balaban J connectivity index is 1.91. The summed E-state index contributed by atoms with van der Waals surface area (Å²) in [5.74, 6) is 0.450. The average Bonchev–Trinajstić information content (AvgIpc) is 2.94. The quantitative estimate of drug-likeness (QED) is 0.477. The number of thiophene rings is 1. The number of methoxy groups -OCH3 is 1. The molecule has 1 aromatic heterocycles. The molecular weight excluding hydrogens is 376 g/mol. The monoisotopic (exact) mass is 398 g/mol. The van der Waals surface area contributed by atoms with Crippen LogP contribution in [0.1, 0.15) is 48.7 Å². The summed E-state index contributed by atoms with van der Waals surface area (Å²) >= 11 is 12.9. The third kappa shape index (κ3) is 5.56. The molecule has 0 atom stereocenters. The van der Waals surface area contributed by atoms with Gasteiger partial charge in [-0.05, 0) is 36.8 Å². The molecule has 1 heterocycles. The van der Waals surface area contributed by atoms with E-state index < -0.39 is 0 Å². The van der Waals surface area contributed by atoms with Crippen LogP contribution in [0.4, 0.5) is 0 Å². The fraction of sp³-hybridized carbons (Fsp3) is 0.444. The molecule has 1 amide bonds. The molecular formula is C18H23ClN2O2S2. The SMILES string of the molecule is CCCCCCCNC(=S)NC(=O)c1sc2cc(OC)ccc2c1Cl. The van der Waals surface area contributed by atoms with Crippen molar-refractivity contribution in [3.63, 3.8) is 0 Å². The lowest BCUT2D eigenvalue weighted by atomic mass is 10.1. The number of amides is 1. The van der Waals surface area contributed by atoms with Crippen LogP contribution in [0.25, 0.3) is 10.1 Å². The van der Waals surface area contributed by atoms with Crippen molar-refractivity contribution in [1.29, 1.82) is 0 Å². The van der Waals surface area contributed by atoms with Gasteiger partial charge in [0.25, 0.3) is 5.91 Å². The average molecular weight is 399 g/mol. The predicted molar refractivity (Wildman–Crippen MR) is 110 cm³/mol. The highest BCUT2D eigenvalue weighted by molar-refractivity contribution is 7.80. The fourth-order valence-corrected chi connectivity index (χ4v) is 4.09. The molecule has 0 unspecified atom stereocenters. The van der Waals surface area contributed by atoms with Crippen molar-refractivity contribution in [2.24, 2.45) is 0 Å². The van der Waals surface area contributed by atoms with E-state index in [-0.39, 0.29) is 5.91 Å². The van der Waals surface area contributed by atoms with Crippen LogP contribution >= 0.6 is 35.2 Å². The normalized spacial score (nSPS) is 10.7. The highest BCUT2D eigenvalue weighted by Crippen LogP contribution is 2.37. The minimum Gasteiger partial charge on any atom is -0.497 e. The molecule has 0 spiro atoms. The van der Waals surface area contributed by atoms with Crippen LogP contribution in [0, 0.1) is 0 Å². The van der Waals surface area contributed by atoms with Gasteiger partial charge >= 0.3 is 0 Å². The van der Waals surface area contributed by atoms with E-state index in [1.165, 1.54) is 37.0 Å². The second-order valence-electron chi connectivity index (χ2n) is 5.73. The van der Waals surface area contributed by atoms with Crippen molar-refractivity contribution in [2.45, 2.75) is 39.0 Å². The van der Waals surface area contributed by atoms with E-state index in [9.17, 15) is 4.79 Å². The van der Waals surface area contributed by atoms with Crippen LogP contribution in [0.3, 0.4) is 0 Å². The number of ether oxygens (including phenoxy) is 1. The van der Waals surface area contributed by atoms with Crippen molar-refractivity contribution >= 4 is 56.3 Å². The Bertz CT molecular complexity index is 746. The summed E-state index contributed by atoms with van der Waals surface area (Å²) in [5.41, 5.74) is 0. The summed E-state index contributed by atoms with van der Waals surface area (Å²) in [6.45, 7) is 2.96.